The standard InChI is InChI=1S/C23H25N3O3/c1-16-4-5-18(14-17(16)2)26-23(27)22-11-6-19(15-25-22)24-12-13-29-21-9-7-20(28-3)8-10-21/h4-11,14-15,24H,12-13H2,1-3H3,(H,26,27). The summed E-state index contributed by atoms with van der Waals surface area (Å²) in [6.07, 6.45) is 1.64. The highest BCUT2D eigenvalue weighted by atomic mass is 16.5. The molecule has 2 aromatic carbocycles. The van der Waals surface area contributed by atoms with Gasteiger partial charge in [-0.3, -0.25) is 4.79 Å². The van der Waals surface area contributed by atoms with Crippen molar-refractivity contribution in [1.82, 2.24) is 4.98 Å². The first-order chi connectivity index (χ1) is 14.0. The van der Waals surface area contributed by atoms with E-state index in [1.165, 1.54) is 5.56 Å². The number of rotatable bonds is 8. The molecule has 0 unspecified atom stereocenters. The first-order valence-electron chi connectivity index (χ1n) is 9.40. The number of carbonyl (C=O) groups is 1. The molecular formula is C23H25N3O3. The molecule has 3 rings (SSSR count). The third-order valence-corrected chi connectivity index (χ3v) is 4.52. The second-order valence-electron chi connectivity index (χ2n) is 6.64. The van der Waals surface area contributed by atoms with Crippen LogP contribution in [-0.4, -0.2) is 31.2 Å². The average molecular weight is 391 g/mol. The van der Waals surface area contributed by atoms with Crippen molar-refractivity contribution in [3.05, 3.63) is 77.6 Å². The fourth-order valence-corrected chi connectivity index (χ4v) is 2.68. The molecule has 0 atom stereocenters. The van der Waals surface area contributed by atoms with Crippen molar-refractivity contribution in [3.8, 4) is 11.5 Å². The van der Waals surface area contributed by atoms with Gasteiger partial charge in [0.25, 0.3) is 5.91 Å². The smallest absolute Gasteiger partial charge is 0.274 e. The molecule has 29 heavy (non-hydrogen) atoms. The van der Waals surface area contributed by atoms with Crippen molar-refractivity contribution in [2.45, 2.75) is 13.8 Å². The molecule has 0 spiro atoms. The van der Waals surface area contributed by atoms with Gasteiger partial charge in [0.2, 0.25) is 0 Å². The number of ether oxygens (including phenoxy) is 2. The van der Waals surface area contributed by atoms with E-state index in [0.717, 1.165) is 28.4 Å². The van der Waals surface area contributed by atoms with Crippen molar-refractivity contribution in [1.29, 1.82) is 0 Å². The summed E-state index contributed by atoms with van der Waals surface area (Å²) in [5.74, 6) is 1.34. The lowest BCUT2D eigenvalue weighted by atomic mass is 10.1. The average Bonchev–Trinajstić information content (AvgIpc) is 2.74. The Morgan fingerprint density at radius 2 is 1.66 bits per heavy atom. The van der Waals surface area contributed by atoms with Gasteiger partial charge in [0.05, 0.1) is 19.0 Å². The molecule has 0 aliphatic rings. The second-order valence-corrected chi connectivity index (χ2v) is 6.64. The molecule has 6 nitrogen and oxygen atoms in total. The van der Waals surface area contributed by atoms with Crippen molar-refractivity contribution in [2.75, 3.05) is 30.9 Å². The molecule has 1 aromatic heterocycles. The summed E-state index contributed by atoms with van der Waals surface area (Å²) < 4.78 is 10.8. The molecule has 0 radical (unpaired) electrons. The van der Waals surface area contributed by atoms with Crippen LogP contribution >= 0.6 is 0 Å². The second kappa shape index (κ2) is 9.59. The van der Waals surface area contributed by atoms with Crippen LogP contribution in [0.5, 0.6) is 11.5 Å². The van der Waals surface area contributed by atoms with Gasteiger partial charge in [0, 0.05) is 12.2 Å². The number of hydrogen-bond donors (Lipinski definition) is 2. The number of hydrogen-bond acceptors (Lipinski definition) is 5. The maximum absolute atomic E-state index is 12.4. The number of nitrogens with one attached hydrogen (secondary N) is 2. The number of pyridine rings is 1. The minimum absolute atomic E-state index is 0.234. The molecule has 3 aromatic rings. The lowest BCUT2D eigenvalue weighted by Gasteiger charge is -2.10. The van der Waals surface area contributed by atoms with Crippen LogP contribution in [-0.2, 0) is 0 Å². The summed E-state index contributed by atoms with van der Waals surface area (Å²) in [6, 6.07) is 16.8. The lowest BCUT2D eigenvalue weighted by Crippen LogP contribution is -2.15. The molecule has 150 valence electrons. The highest BCUT2D eigenvalue weighted by Crippen LogP contribution is 2.17. The van der Waals surface area contributed by atoms with E-state index in [1.54, 1.807) is 19.4 Å². The van der Waals surface area contributed by atoms with Crippen LogP contribution in [0, 0.1) is 13.8 Å². The van der Waals surface area contributed by atoms with E-state index in [9.17, 15) is 4.79 Å². The third kappa shape index (κ3) is 5.72. The van der Waals surface area contributed by atoms with E-state index < -0.39 is 0 Å². The number of nitrogens with zero attached hydrogens (tertiary/aromatic N) is 1. The van der Waals surface area contributed by atoms with E-state index in [2.05, 4.69) is 15.6 Å². The van der Waals surface area contributed by atoms with E-state index in [-0.39, 0.29) is 5.91 Å². The number of benzene rings is 2. The van der Waals surface area contributed by atoms with Gasteiger partial charge in [-0.25, -0.2) is 4.98 Å². The SMILES string of the molecule is COc1ccc(OCCNc2ccc(C(=O)Nc3ccc(C)c(C)c3)nc2)cc1. The molecule has 0 aliphatic carbocycles. The van der Waals surface area contributed by atoms with Gasteiger partial charge in [-0.05, 0) is 73.5 Å². The number of aromatic nitrogens is 1. The molecule has 0 saturated heterocycles. The largest absolute Gasteiger partial charge is 0.497 e. The summed E-state index contributed by atoms with van der Waals surface area (Å²) >= 11 is 0. The van der Waals surface area contributed by atoms with E-state index in [4.69, 9.17) is 9.47 Å². The van der Waals surface area contributed by atoms with Gasteiger partial charge in [-0.1, -0.05) is 6.07 Å². The minimum atomic E-state index is -0.234. The number of anilines is 2. The van der Waals surface area contributed by atoms with Gasteiger partial charge in [-0.2, -0.15) is 0 Å². The van der Waals surface area contributed by atoms with E-state index >= 15 is 0 Å². The maximum atomic E-state index is 12.4. The third-order valence-electron chi connectivity index (χ3n) is 4.52. The molecular weight excluding hydrogens is 366 g/mol. The van der Waals surface area contributed by atoms with E-state index in [1.807, 2.05) is 62.4 Å². The maximum Gasteiger partial charge on any atom is 0.274 e. The zero-order valence-corrected chi connectivity index (χ0v) is 16.9. The Kier molecular flexibility index (Phi) is 6.68. The predicted octanol–water partition coefficient (Wildman–Crippen LogP) is 4.45. The summed E-state index contributed by atoms with van der Waals surface area (Å²) in [5.41, 5.74) is 4.27. The van der Waals surface area contributed by atoms with Crippen molar-refractivity contribution in [2.24, 2.45) is 0 Å². The molecule has 0 aliphatic heterocycles. The zero-order valence-electron chi connectivity index (χ0n) is 16.9. The first kappa shape index (κ1) is 20.2. The highest BCUT2D eigenvalue weighted by Gasteiger charge is 2.08. The molecule has 0 bridgehead atoms. The lowest BCUT2D eigenvalue weighted by molar-refractivity contribution is 0.102. The van der Waals surface area contributed by atoms with Crippen molar-refractivity contribution >= 4 is 17.3 Å². The Balaban J connectivity index is 1.46. The zero-order chi connectivity index (χ0) is 20.6. The Morgan fingerprint density at radius 3 is 2.31 bits per heavy atom. The highest BCUT2D eigenvalue weighted by molar-refractivity contribution is 6.03. The Bertz CT molecular complexity index is 954. The minimum Gasteiger partial charge on any atom is -0.497 e. The fourth-order valence-electron chi connectivity index (χ4n) is 2.68. The van der Waals surface area contributed by atoms with Crippen LogP contribution in [0.25, 0.3) is 0 Å². The summed E-state index contributed by atoms with van der Waals surface area (Å²) in [7, 11) is 1.63. The molecule has 6 heteroatoms. The van der Waals surface area contributed by atoms with Crippen LogP contribution in [0.1, 0.15) is 21.6 Å². The number of amides is 1. The molecule has 0 saturated carbocycles. The monoisotopic (exact) mass is 391 g/mol. The van der Waals surface area contributed by atoms with Crippen LogP contribution < -0.4 is 20.1 Å². The van der Waals surface area contributed by atoms with Crippen LogP contribution in [0.4, 0.5) is 11.4 Å². The number of carbonyl (C=O) groups excluding carboxylic acids is 1. The fraction of sp³-hybridized carbons (Fsp3) is 0.217. The van der Waals surface area contributed by atoms with Gasteiger partial charge in [-0.15, -0.1) is 0 Å². The Morgan fingerprint density at radius 1 is 0.931 bits per heavy atom. The van der Waals surface area contributed by atoms with Crippen LogP contribution in [0.2, 0.25) is 0 Å². The first-order valence-corrected chi connectivity index (χ1v) is 9.40. The summed E-state index contributed by atoms with van der Waals surface area (Å²) in [4.78, 5) is 16.6. The Labute approximate surface area is 170 Å². The summed E-state index contributed by atoms with van der Waals surface area (Å²) in [6.45, 7) is 5.17. The topological polar surface area (TPSA) is 72.5 Å². The van der Waals surface area contributed by atoms with Gasteiger partial charge >= 0.3 is 0 Å². The Hall–Kier alpha value is -3.54. The van der Waals surface area contributed by atoms with Crippen molar-refractivity contribution in [3.63, 3.8) is 0 Å². The van der Waals surface area contributed by atoms with Crippen molar-refractivity contribution < 1.29 is 14.3 Å². The normalized spacial score (nSPS) is 10.3. The summed E-state index contributed by atoms with van der Waals surface area (Å²) in [5, 5.41) is 6.10. The molecule has 1 heterocycles. The van der Waals surface area contributed by atoms with Crippen LogP contribution in [0.3, 0.4) is 0 Å². The quantitative estimate of drug-likeness (QED) is 0.555. The van der Waals surface area contributed by atoms with Gasteiger partial charge < -0.3 is 20.1 Å². The number of aryl methyl sites for hydroxylation is 2. The van der Waals surface area contributed by atoms with Gasteiger partial charge in [0.15, 0.2) is 0 Å². The van der Waals surface area contributed by atoms with Gasteiger partial charge in [0.1, 0.15) is 23.8 Å². The van der Waals surface area contributed by atoms with Crippen LogP contribution in [0.15, 0.2) is 60.8 Å². The predicted molar refractivity (Wildman–Crippen MR) is 115 cm³/mol. The molecule has 0 fully saturated rings. The van der Waals surface area contributed by atoms with E-state index in [0.29, 0.717) is 18.8 Å². The molecule has 2 N–H and O–H groups in total. The number of methoxy groups -OCH3 is 1. The molecule has 1 amide bonds.